The van der Waals surface area contributed by atoms with Crippen LogP contribution in [0.15, 0.2) is 36.4 Å². The summed E-state index contributed by atoms with van der Waals surface area (Å²) in [7, 11) is 0. The van der Waals surface area contributed by atoms with Crippen molar-refractivity contribution >= 4 is 44.7 Å². The number of benzene rings is 3. The normalized spacial score (nSPS) is 11.6. The molecule has 4 heteroatoms. The van der Waals surface area contributed by atoms with Crippen molar-refractivity contribution in [2.75, 3.05) is 13.2 Å². The maximum absolute atomic E-state index is 6.87. The first-order chi connectivity index (χ1) is 24.7. The minimum atomic E-state index is 0.680. The molecule has 0 radical (unpaired) electrons. The number of halogens is 2. The van der Waals surface area contributed by atoms with Crippen LogP contribution in [-0.4, -0.2) is 13.2 Å². The van der Waals surface area contributed by atoms with Gasteiger partial charge in [0, 0.05) is 21.5 Å². The molecule has 3 rings (SSSR count). The molecule has 0 unspecified atom stereocenters. The van der Waals surface area contributed by atoms with Gasteiger partial charge in [0.2, 0.25) is 0 Å². The van der Waals surface area contributed by atoms with Crippen molar-refractivity contribution in [1.29, 1.82) is 0 Å². The number of unbranched alkanes of at least 4 members (excludes halogenated alkanes) is 26. The molecule has 0 N–H and O–H groups in total. The monoisotopic (exact) mass is 726 g/mol. The van der Waals surface area contributed by atoms with Crippen LogP contribution in [0.5, 0.6) is 11.5 Å². The number of ether oxygens (including phenoxy) is 2. The van der Waals surface area contributed by atoms with Crippen LogP contribution < -0.4 is 9.47 Å². The van der Waals surface area contributed by atoms with Crippen molar-refractivity contribution in [3.05, 3.63) is 46.4 Å². The van der Waals surface area contributed by atoms with Crippen LogP contribution in [0.4, 0.5) is 0 Å². The SMILES string of the molecule is CCCCCCCCCCCCCCCCOc1c2cccc(Cl)c2c(OCCCCCCCCCCCCCCCC)c2cccc(Cl)c12. The van der Waals surface area contributed by atoms with Crippen LogP contribution in [-0.2, 0) is 0 Å². The molecule has 0 aliphatic carbocycles. The second kappa shape index (κ2) is 27.9. The van der Waals surface area contributed by atoms with Gasteiger partial charge in [-0.3, -0.25) is 0 Å². The number of hydrogen-bond donors (Lipinski definition) is 0. The van der Waals surface area contributed by atoms with Gasteiger partial charge in [-0.15, -0.1) is 0 Å². The molecule has 0 saturated carbocycles. The Morgan fingerprint density at radius 1 is 0.360 bits per heavy atom. The zero-order valence-electron chi connectivity index (χ0n) is 32.2. The van der Waals surface area contributed by atoms with E-state index in [1.807, 2.05) is 24.3 Å². The van der Waals surface area contributed by atoms with Crippen LogP contribution in [0.2, 0.25) is 10.0 Å². The van der Waals surface area contributed by atoms with Gasteiger partial charge in [-0.25, -0.2) is 0 Å². The third kappa shape index (κ3) is 16.4. The van der Waals surface area contributed by atoms with Crippen LogP contribution in [0.3, 0.4) is 0 Å². The van der Waals surface area contributed by atoms with Gasteiger partial charge in [0.25, 0.3) is 0 Å². The molecule has 282 valence electrons. The highest BCUT2D eigenvalue weighted by molar-refractivity contribution is 6.40. The molecule has 0 bridgehead atoms. The first kappa shape index (κ1) is 42.8. The molecule has 0 saturated heterocycles. The lowest BCUT2D eigenvalue weighted by atomic mass is 10.00. The summed E-state index contributed by atoms with van der Waals surface area (Å²) in [6, 6.07) is 12.1. The third-order valence-electron chi connectivity index (χ3n) is 10.5. The summed E-state index contributed by atoms with van der Waals surface area (Å²) in [5.41, 5.74) is 0. The number of fused-ring (bicyclic) bond motifs is 2. The molecular weight excluding hydrogens is 655 g/mol. The van der Waals surface area contributed by atoms with E-state index in [9.17, 15) is 0 Å². The minimum absolute atomic E-state index is 0.680. The van der Waals surface area contributed by atoms with E-state index < -0.39 is 0 Å². The highest BCUT2D eigenvalue weighted by Crippen LogP contribution is 2.47. The van der Waals surface area contributed by atoms with E-state index in [4.69, 9.17) is 32.7 Å². The van der Waals surface area contributed by atoms with Crippen molar-refractivity contribution < 1.29 is 9.47 Å². The van der Waals surface area contributed by atoms with Crippen molar-refractivity contribution in [3.63, 3.8) is 0 Å². The Hall–Kier alpha value is -1.64. The summed E-state index contributed by atoms with van der Waals surface area (Å²) in [4.78, 5) is 0. The predicted octanol–water partition coefficient (Wildman–Crippen LogP) is 17.0. The smallest absolute Gasteiger partial charge is 0.136 e. The summed E-state index contributed by atoms with van der Waals surface area (Å²) < 4.78 is 13.1. The fourth-order valence-electron chi connectivity index (χ4n) is 7.40. The molecule has 0 amide bonds. The van der Waals surface area contributed by atoms with E-state index in [1.54, 1.807) is 0 Å². The van der Waals surface area contributed by atoms with E-state index in [2.05, 4.69) is 26.0 Å². The van der Waals surface area contributed by atoms with E-state index in [-0.39, 0.29) is 0 Å². The third-order valence-corrected chi connectivity index (χ3v) is 11.1. The minimum Gasteiger partial charge on any atom is -0.492 e. The van der Waals surface area contributed by atoms with E-state index in [0.717, 1.165) is 45.9 Å². The molecule has 3 aromatic rings. The Morgan fingerprint density at radius 2 is 0.620 bits per heavy atom. The molecular formula is C46H72Cl2O2. The van der Waals surface area contributed by atoms with E-state index >= 15 is 0 Å². The molecule has 0 aliphatic heterocycles. The summed E-state index contributed by atoms with van der Waals surface area (Å²) in [6.07, 6.45) is 37.7. The summed E-state index contributed by atoms with van der Waals surface area (Å²) in [5.74, 6) is 1.67. The zero-order valence-corrected chi connectivity index (χ0v) is 33.8. The molecule has 0 fully saturated rings. The van der Waals surface area contributed by atoms with Gasteiger partial charge in [0.1, 0.15) is 11.5 Å². The second-order valence-electron chi connectivity index (χ2n) is 14.9. The molecule has 0 heterocycles. The Morgan fingerprint density at radius 3 is 0.900 bits per heavy atom. The Labute approximate surface area is 317 Å². The van der Waals surface area contributed by atoms with Gasteiger partial charge < -0.3 is 9.47 Å². The van der Waals surface area contributed by atoms with Gasteiger partial charge in [-0.05, 0) is 25.0 Å². The van der Waals surface area contributed by atoms with Gasteiger partial charge in [0.15, 0.2) is 0 Å². The molecule has 0 atom stereocenters. The fraction of sp³-hybridized carbons (Fsp3) is 0.696. The van der Waals surface area contributed by atoms with Gasteiger partial charge in [-0.2, -0.15) is 0 Å². The van der Waals surface area contributed by atoms with Crippen LogP contribution in [0, 0.1) is 0 Å². The maximum Gasteiger partial charge on any atom is 0.136 e. The Kier molecular flexibility index (Phi) is 23.9. The number of hydrogen-bond acceptors (Lipinski definition) is 2. The highest BCUT2D eigenvalue weighted by Gasteiger charge is 2.20. The van der Waals surface area contributed by atoms with Gasteiger partial charge in [-0.1, -0.05) is 228 Å². The molecule has 2 nitrogen and oxygen atoms in total. The van der Waals surface area contributed by atoms with Crippen molar-refractivity contribution in [2.24, 2.45) is 0 Å². The van der Waals surface area contributed by atoms with Gasteiger partial charge >= 0.3 is 0 Å². The lowest BCUT2D eigenvalue weighted by Crippen LogP contribution is -2.03. The quantitative estimate of drug-likeness (QED) is 0.0471. The van der Waals surface area contributed by atoms with Crippen molar-refractivity contribution in [3.8, 4) is 11.5 Å². The lowest BCUT2D eigenvalue weighted by Gasteiger charge is -2.19. The van der Waals surface area contributed by atoms with Crippen molar-refractivity contribution in [1.82, 2.24) is 0 Å². The Balaban J connectivity index is 1.40. The number of rotatable bonds is 32. The van der Waals surface area contributed by atoms with Crippen LogP contribution in [0.1, 0.15) is 194 Å². The highest BCUT2D eigenvalue weighted by atomic mass is 35.5. The summed E-state index contributed by atoms with van der Waals surface area (Å²) in [6.45, 7) is 5.94. The topological polar surface area (TPSA) is 18.5 Å². The molecule has 3 aromatic carbocycles. The predicted molar refractivity (Wildman–Crippen MR) is 223 cm³/mol. The molecule has 0 spiro atoms. The van der Waals surface area contributed by atoms with E-state index in [1.165, 1.54) is 167 Å². The largest absolute Gasteiger partial charge is 0.492 e. The lowest BCUT2D eigenvalue weighted by molar-refractivity contribution is 0.306. The standard InChI is InChI=1S/C46H72Cl2O2/c1-3-5-7-9-11-13-15-17-19-21-23-25-27-29-37-49-45-39-33-31-36-42(48)44(39)46(40-34-32-35-41(47)43(40)45)50-38-30-28-26-24-22-20-18-16-14-12-10-8-6-4-2/h31-36H,3-30,37-38H2,1-2H3. The average molecular weight is 728 g/mol. The van der Waals surface area contributed by atoms with Crippen molar-refractivity contribution in [2.45, 2.75) is 194 Å². The average Bonchev–Trinajstić information content (AvgIpc) is 3.12. The molecule has 0 aromatic heterocycles. The first-order valence-corrected chi connectivity index (χ1v) is 22.0. The van der Waals surface area contributed by atoms with E-state index in [0.29, 0.717) is 23.3 Å². The second-order valence-corrected chi connectivity index (χ2v) is 15.7. The van der Waals surface area contributed by atoms with Gasteiger partial charge in [0.05, 0.1) is 23.3 Å². The maximum atomic E-state index is 6.87. The van der Waals surface area contributed by atoms with Crippen LogP contribution >= 0.6 is 23.2 Å². The fourth-order valence-corrected chi connectivity index (χ4v) is 7.92. The molecule has 0 aliphatic rings. The zero-order chi connectivity index (χ0) is 35.5. The summed E-state index contributed by atoms with van der Waals surface area (Å²) >= 11 is 13.7. The molecule has 50 heavy (non-hydrogen) atoms. The first-order valence-electron chi connectivity index (χ1n) is 21.3. The Bertz CT molecular complexity index is 1190. The summed E-state index contributed by atoms with van der Waals surface area (Å²) in [5, 5.41) is 5.23. The van der Waals surface area contributed by atoms with Crippen LogP contribution in [0.25, 0.3) is 21.5 Å².